The van der Waals surface area contributed by atoms with E-state index in [1.54, 1.807) is 14.0 Å². The Morgan fingerprint density at radius 3 is 2.88 bits per heavy atom. The second-order valence-corrected chi connectivity index (χ2v) is 5.38. The Morgan fingerprint density at radius 1 is 1.59 bits per heavy atom. The van der Waals surface area contributed by atoms with Crippen molar-refractivity contribution in [3.8, 4) is 0 Å². The standard InChI is InChI=1S/C9H18N4O3S/c1-7(6-16-3)13-17(14,15)9-8(4-10-2)5-11-12-9/h5,7,10,13H,4,6H2,1-3H3,(H,11,12). The first-order valence-corrected chi connectivity index (χ1v) is 6.67. The fourth-order valence-corrected chi connectivity index (χ4v) is 2.81. The molecule has 7 nitrogen and oxygen atoms in total. The number of sulfonamides is 1. The Bertz CT molecular complexity index is 443. The van der Waals surface area contributed by atoms with Crippen molar-refractivity contribution in [3.05, 3.63) is 11.8 Å². The van der Waals surface area contributed by atoms with Crippen LogP contribution in [0.2, 0.25) is 0 Å². The molecule has 1 aromatic heterocycles. The van der Waals surface area contributed by atoms with E-state index in [0.29, 0.717) is 18.7 Å². The number of hydrogen-bond acceptors (Lipinski definition) is 5. The average Bonchev–Trinajstić information content (AvgIpc) is 2.66. The highest BCUT2D eigenvalue weighted by atomic mass is 32.2. The number of methoxy groups -OCH3 is 1. The van der Waals surface area contributed by atoms with Gasteiger partial charge in [-0.3, -0.25) is 5.10 Å². The van der Waals surface area contributed by atoms with Gasteiger partial charge in [0.15, 0.2) is 5.03 Å². The number of hydrogen-bond donors (Lipinski definition) is 3. The van der Waals surface area contributed by atoms with Gasteiger partial charge >= 0.3 is 0 Å². The van der Waals surface area contributed by atoms with E-state index in [0.717, 1.165) is 0 Å². The smallest absolute Gasteiger partial charge is 0.258 e. The topological polar surface area (TPSA) is 96.1 Å². The lowest BCUT2D eigenvalue weighted by atomic mass is 10.4. The first kappa shape index (κ1) is 14.1. The summed E-state index contributed by atoms with van der Waals surface area (Å²) in [4.78, 5) is 0. The second kappa shape index (κ2) is 6.10. The van der Waals surface area contributed by atoms with Gasteiger partial charge < -0.3 is 10.1 Å². The maximum Gasteiger partial charge on any atom is 0.258 e. The molecule has 1 atom stereocenters. The van der Waals surface area contributed by atoms with Gasteiger partial charge in [0, 0.05) is 25.3 Å². The third kappa shape index (κ3) is 3.77. The van der Waals surface area contributed by atoms with Gasteiger partial charge in [0.25, 0.3) is 10.0 Å². The molecule has 0 fully saturated rings. The number of nitrogens with one attached hydrogen (secondary N) is 3. The summed E-state index contributed by atoms with van der Waals surface area (Å²) >= 11 is 0. The van der Waals surface area contributed by atoms with Gasteiger partial charge in [0.2, 0.25) is 0 Å². The summed E-state index contributed by atoms with van der Waals surface area (Å²) in [7, 11) is -0.318. The second-order valence-electron chi connectivity index (χ2n) is 3.73. The van der Waals surface area contributed by atoms with Crippen molar-refractivity contribution in [1.29, 1.82) is 0 Å². The van der Waals surface area contributed by atoms with Crippen LogP contribution in [0.25, 0.3) is 0 Å². The molecule has 17 heavy (non-hydrogen) atoms. The fourth-order valence-electron chi connectivity index (χ4n) is 1.46. The first-order chi connectivity index (χ1) is 8.01. The summed E-state index contributed by atoms with van der Waals surface area (Å²) in [5.74, 6) is 0. The molecule has 3 N–H and O–H groups in total. The zero-order valence-electron chi connectivity index (χ0n) is 10.1. The summed E-state index contributed by atoms with van der Waals surface area (Å²) in [6.07, 6.45) is 1.49. The Kier molecular flexibility index (Phi) is 5.06. The third-order valence-electron chi connectivity index (χ3n) is 2.09. The van der Waals surface area contributed by atoms with Crippen LogP contribution in [-0.4, -0.2) is 45.4 Å². The van der Waals surface area contributed by atoms with E-state index in [4.69, 9.17) is 4.74 Å². The fraction of sp³-hybridized carbons (Fsp3) is 0.667. The molecule has 0 radical (unpaired) electrons. The number of aromatic nitrogens is 2. The number of nitrogens with zero attached hydrogens (tertiary/aromatic N) is 1. The van der Waals surface area contributed by atoms with E-state index in [1.165, 1.54) is 13.3 Å². The van der Waals surface area contributed by atoms with Crippen molar-refractivity contribution in [2.75, 3.05) is 20.8 Å². The van der Waals surface area contributed by atoms with Crippen LogP contribution in [0.4, 0.5) is 0 Å². The van der Waals surface area contributed by atoms with Crippen LogP contribution in [0.5, 0.6) is 0 Å². The minimum Gasteiger partial charge on any atom is -0.383 e. The van der Waals surface area contributed by atoms with E-state index in [1.807, 2.05) is 0 Å². The minimum atomic E-state index is -3.58. The molecule has 0 aliphatic carbocycles. The highest BCUT2D eigenvalue weighted by Gasteiger charge is 2.22. The van der Waals surface area contributed by atoms with Crippen molar-refractivity contribution in [2.45, 2.75) is 24.5 Å². The maximum atomic E-state index is 12.0. The van der Waals surface area contributed by atoms with Crippen molar-refractivity contribution in [2.24, 2.45) is 0 Å². The van der Waals surface area contributed by atoms with Crippen LogP contribution < -0.4 is 10.0 Å². The number of H-pyrrole nitrogens is 1. The van der Waals surface area contributed by atoms with Crippen molar-refractivity contribution in [1.82, 2.24) is 20.2 Å². The summed E-state index contributed by atoms with van der Waals surface area (Å²) < 4.78 is 31.4. The van der Waals surface area contributed by atoms with Gasteiger partial charge in [0.1, 0.15) is 0 Å². The number of rotatable bonds is 7. The summed E-state index contributed by atoms with van der Waals surface area (Å²) in [5.41, 5.74) is 0.601. The van der Waals surface area contributed by atoms with Crippen LogP contribution in [0.15, 0.2) is 11.2 Å². The Morgan fingerprint density at radius 2 is 2.29 bits per heavy atom. The van der Waals surface area contributed by atoms with E-state index in [-0.39, 0.29) is 11.1 Å². The molecule has 98 valence electrons. The van der Waals surface area contributed by atoms with E-state index >= 15 is 0 Å². The normalized spacial score (nSPS) is 13.8. The van der Waals surface area contributed by atoms with E-state index in [9.17, 15) is 8.42 Å². The van der Waals surface area contributed by atoms with Gasteiger partial charge in [-0.2, -0.15) is 5.10 Å². The molecule has 0 aliphatic heterocycles. The van der Waals surface area contributed by atoms with Crippen molar-refractivity contribution < 1.29 is 13.2 Å². The molecule has 0 saturated heterocycles. The quantitative estimate of drug-likeness (QED) is 0.612. The highest BCUT2D eigenvalue weighted by molar-refractivity contribution is 7.89. The van der Waals surface area contributed by atoms with Gasteiger partial charge in [0.05, 0.1) is 12.8 Å². The molecule has 1 aromatic rings. The zero-order valence-corrected chi connectivity index (χ0v) is 11.0. The molecule has 0 spiro atoms. The van der Waals surface area contributed by atoms with Crippen molar-refractivity contribution in [3.63, 3.8) is 0 Å². The van der Waals surface area contributed by atoms with Crippen LogP contribution in [0.1, 0.15) is 12.5 Å². The third-order valence-corrected chi connectivity index (χ3v) is 3.69. The van der Waals surface area contributed by atoms with Crippen LogP contribution >= 0.6 is 0 Å². The maximum absolute atomic E-state index is 12.0. The van der Waals surface area contributed by atoms with E-state index in [2.05, 4.69) is 20.2 Å². The predicted octanol–water partition coefficient (Wildman–Crippen LogP) is -0.558. The van der Waals surface area contributed by atoms with Crippen LogP contribution in [0, 0.1) is 0 Å². The molecule has 0 saturated carbocycles. The minimum absolute atomic E-state index is 0.0924. The first-order valence-electron chi connectivity index (χ1n) is 5.19. The largest absolute Gasteiger partial charge is 0.383 e. The van der Waals surface area contributed by atoms with Crippen LogP contribution in [0.3, 0.4) is 0 Å². The predicted molar refractivity (Wildman–Crippen MR) is 63.0 cm³/mol. The Hall–Kier alpha value is -0.960. The molecule has 1 unspecified atom stereocenters. The van der Waals surface area contributed by atoms with Gasteiger partial charge in [-0.15, -0.1) is 0 Å². The molecule has 0 bridgehead atoms. The Labute approximate surface area is 101 Å². The van der Waals surface area contributed by atoms with Gasteiger partial charge in [-0.05, 0) is 14.0 Å². The molecule has 1 heterocycles. The molecular weight excluding hydrogens is 244 g/mol. The average molecular weight is 262 g/mol. The molecule has 0 aromatic carbocycles. The molecule has 0 aliphatic rings. The summed E-state index contributed by atoms with van der Waals surface area (Å²) in [6.45, 7) is 2.48. The molecule has 1 rings (SSSR count). The SMILES string of the molecule is CNCc1cn[nH]c1S(=O)(=O)NC(C)COC. The van der Waals surface area contributed by atoms with Gasteiger partial charge in [-0.1, -0.05) is 0 Å². The Balaban J connectivity index is 2.85. The lowest BCUT2D eigenvalue weighted by molar-refractivity contribution is 0.180. The number of ether oxygens (including phenoxy) is 1. The van der Waals surface area contributed by atoms with Gasteiger partial charge in [-0.25, -0.2) is 13.1 Å². The zero-order chi connectivity index (χ0) is 12.9. The highest BCUT2D eigenvalue weighted by Crippen LogP contribution is 2.11. The molecule has 0 amide bonds. The lowest BCUT2D eigenvalue weighted by Crippen LogP contribution is -2.36. The summed E-state index contributed by atoms with van der Waals surface area (Å²) in [6, 6.07) is -0.296. The molecular formula is C9H18N4O3S. The lowest BCUT2D eigenvalue weighted by Gasteiger charge is -2.12. The number of aromatic amines is 1. The van der Waals surface area contributed by atoms with Crippen LogP contribution in [-0.2, 0) is 21.3 Å². The summed E-state index contributed by atoms with van der Waals surface area (Å²) in [5, 5.41) is 9.22. The monoisotopic (exact) mass is 262 g/mol. The van der Waals surface area contributed by atoms with E-state index < -0.39 is 10.0 Å². The van der Waals surface area contributed by atoms with Crippen molar-refractivity contribution >= 4 is 10.0 Å². The molecule has 8 heteroatoms.